The van der Waals surface area contributed by atoms with Crippen molar-refractivity contribution in [3.63, 3.8) is 0 Å². The summed E-state index contributed by atoms with van der Waals surface area (Å²) in [7, 11) is 0. The van der Waals surface area contributed by atoms with Crippen LogP contribution >= 0.6 is 0 Å². The number of hydrogen-bond donors (Lipinski definition) is 1. The number of aliphatic imine (C=N–C) groups is 1. The first kappa shape index (κ1) is 27.4. The Morgan fingerprint density at radius 3 is 2.08 bits per heavy atom. The maximum absolute atomic E-state index is 9.05. The minimum absolute atomic E-state index is 0.435. The second kappa shape index (κ2) is 10.7. The lowest BCUT2D eigenvalue weighted by molar-refractivity contribution is 0.671. The second-order valence-corrected chi connectivity index (χ2v) is 12.4. The number of fused-ring (bicyclic) bond motifs is 10. The molecule has 0 atom stereocenters. The molecule has 5 nitrogen and oxygen atoms in total. The van der Waals surface area contributed by atoms with Crippen LogP contribution in [0.3, 0.4) is 0 Å². The number of nitrogens with zero attached hydrogens (tertiary/aromatic N) is 3. The molecule has 0 aliphatic rings. The molecule has 0 unspecified atom stereocenters. The van der Waals surface area contributed by atoms with Crippen molar-refractivity contribution < 1.29 is 4.42 Å². The Balaban J connectivity index is 1.30. The Kier molecular flexibility index (Phi) is 5.96. The standard InChI is InChI=1S/C44H28N4O/c45-42(28-13-3-1-4-14-28)34-19-7-10-20-37(34)46-27-47-39-26-40-35(30-17-8-11-21-38(30)48(40)29-15-5-2-6-16-29)25-36(39)32-23-24-33-31-18-9-12-22-41(31)49-44(33)43(32)47/h1-27,45H. The van der Waals surface area contributed by atoms with Gasteiger partial charge in [-0.2, -0.15) is 0 Å². The van der Waals surface area contributed by atoms with Gasteiger partial charge in [-0.1, -0.05) is 109 Å². The number of furan rings is 1. The Labute approximate surface area is 281 Å². The van der Waals surface area contributed by atoms with E-state index in [-0.39, 0.29) is 0 Å². The zero-order chi connectivity index (χ0) is 32.5. The van der Waals surface area contributed by atoms with Gasteiger partial charge in [0.25, 0.3) is 0 Å². The van der Waals surface area contributed by atoms with Gasteiger partial charge in [-0.05, 0) is 48.5 Å². The summed E-state index contributed by atoms with van der Waals surface area (Å²) in [5.74, 6) is 0. The normalized spacial score (nSPS) is 12.1. The van der Waals surface area contributed by atoms with Crippen LogP contribution in [0.1, 0.15) is 11.1 Å². The number of aromatic nitrogens is 2. The minimum Gasteiger partial charge on any atom is -0.454 e. The average molecular weight is 629 g/mol. The molecule has 0 fully saturated rings. The molecule has 3 aromatic heterocycles. The third-order valence-electron chi connectivity index (χ3n) is 9.66. The van der Waals surface area contributed by atoms with E-state index in [1.54, 1.807) is 0 Å². The summed E-state index contributed by atoms with van der Waals surface area (Å²) < 4.78 is 11.1. The lowest BCUT2D eigenvalue weighted by Crippen LogP contribution is -2.02. The van der Waals surface area contributed by atoms with Crippen LogP contribution in [0.25, 0.3) is 71.2 Å². The van der Waals surface area contributed by atoms with Gasteiger partial charge in [0, 0.05) is 49.1 Å². The summed E-state index contributed by atoms with van der Waals surface area (Å²) in [6, 6.07) is 54.0. The molecular weight excluding hydrogens is 601 g/mol. The molecule has 230 valence electrons. The molecule has 3 heterocycles. The van der Waals surface area contributed by atoms with Gasteiger partial charge in [-0.25, -0.2) is 4.99 Å². The fourth-order valence-electron chi connectivity index (χ4n) is 7.42. The predicted octanol–water partition coefficient (Wildman–Crippen LogP) is 11.4. The highest BCUT2D eigenvalue weighted by Gasteiger charge is 2.21. The molecule has 7 aromatic carbocycles. The SMILES string of the molecule is N=C(c1ccccc1)c1ccccc1N=Cn1c2cc3c(cc2c2ccc4c5ccccc5oc4c21)c1ccccc1n3-c1ccccc1. The molecule has 49 heavy (non-hydrogen) atoms. The number of nitrogens with one attached hydrogen (secondary N) is 1. The summed E-state index contributed by atoms with van der Waals surface area (Å²) in [6.07, 6.45) is 1.90. The van der Waals surface area contributed by atoms with E-state index in [1.165, 1.54) is 10.8 Å². The quantitative estimate of drug-likeness (QED) is 0.150. The maximum Gasteiger partial charge on any atom is 0.160 e. The molecule has 0 saturated heterocycles. The van der Waals surface area contributed by atoms with Crippen molar-refractivity contribution in [1.29, 1.82) is 5.41 Å². The van der Waals surface area contributed by atoms with Crippen LogP contribution in [-0.2, 0) is 0 Å². The molecule has 0 amide bonds. The van der Waals surface area contributed by atoms with Gasteiger partial charge in [-0.3, -0.25) is 9.98 Å². The molecule has 5 heteroatoms. The smallest absolute Gasteiger partial charge is 0.160 e. The van der Waals surface area contributed by atoms with Gasteiger partial charge < -0.3 is 8.98 Å². The van der Waals surface area contributed by atoms with Gasteiger partial charge in [0.2, 0.25) is 0 Å². The molecule has 0 radical (unpaired) electrons. The molecule has 10 rings (SSSR count). The van der Waals surface area contributed by atoms with E-state index in [0.29, 0.717) is 5.71 Å². The third kappa shape index (κ3) is 4.12. The van der Waals surface area contributed by atoms with Crippen LogP contribution in [0, 0.1) is 5.41 Å². The van der Waals surface area contributed by atoms with E-state index in [0.717, 1.165) is 77.3 Å². The van der Waals surface area contributed by atoms with Gasteiger partial charge >= 0.3 is 0 Å². The van der Waals surface area contributed by atoms with Gasteiger partial charge in [0.1, 0.15) is 11.9 Å². The minimum atomic E-state index is 0.435. The van der Waals surface area contributed by atoms with Crippen LogP contribution in [0.2, 0.25) is 0 Å². The van der Waals surface area contributed by atoms with Crippen LogP contribution in [0.4, 0.5) is 5.69 Å². The van der Waals surface area contributed by atoms with Crippen LogP contribution in [0.5, 0.6) is 0 Å². The first-order valence-corrected chi connectivity index (χ1v) is 16.4. The largest absolute Gasteiger partial charge is 0.454 e. The highest BCUT2D eigenvalue weighted by molar-refractivity contribution is 6.26. The first-order chi connectivity index (χ1) is 24.2. The molecule has 0 bridgehead atoms. The van der Waals surface area contributed by atoms with Gasteiger partial charge in [-0.15, -0.1) is 0 Å². The van der Waals surface area contributed by atoms with Crippen molar-refractivity contribution in [3.8, 4) is 5.69 Å². The van der Waals surface area contributed by atoms with E-state index in [9.17, 15) is 0 Å². The van der Waals surface area contributed by atoms with Crippen molar-refractivity contribution in [3.05, 3.63) is 169 Å². The van der Waals surface area contributed by atoms with Crippen molar-refractivity contribution in [2.75, 3.05) is 0 Å². The van der Waals surface area contributed by atoms with Crippen LogP contribution in [0.15, 0.2) is 167 Å². The Morgan fingerprint density at radius 1 is 0.551 bits per heavy atom. The maximum atomic E-state index is 9.05. The van der Waals surface area contributed by atoms with Crippen molar-refractivity contribution in [2.24, 2.45) is 4.99 Å². The summed E-state index contributed by atoms with van der Waals surface area (Å²) >= 11 is 0. The lowest BCUT2D eigenvalue weighted by atomic mass is 10.0. The molecule has 1 N–H and O–H groups in total. The summed E-state index contributed by atoms with van der Waals surface area (Å²) in [5.41, 5.74) is 9.83. The van der Waals surface area contributed by atoms with Crippen molar-refractivity contribution >= 4 is 83.3 Å². The molecule has 0 aliphatic heterocycles. The van der Waals surface area contributed by atoms with Crippen LogP contribution < -0.4 is 0 Å². The van der Waals surface area contributed by atoms with E-state index in [4.69, 9.17) is 14.8 Å². The second-order valence-electron chi connectivity index (χ2n) is 12.4. The molecular formula is C44H28N4O. The van der Waals surface area contributed by atoms with E-state index >= 15 is 0 Å². The predicted molar refractivity (Wildman–Crippen MR) is 203 cm³/mol. The monoisotopic (exact) mass is 628 g/mol. The van der Waals surface area contributed by atoms with Crippen molar-refractivity contribution in [2.45, 2.75) is 0 Å². The van der Waals surface area contributed by atoms with E-state index < -0.39 is 0 Å². The topological polar surface area (TPSA) is 59.2 Å². The van der Waals surface area contributed by atoms with Gasteiger partial charge in [0.05, 0.1) is 33.5 Å². The highest BCUT2D eigenvalue weighted by Crippen LogP contribution is 2.42. The number of hydrogen-bond acceptors (Lipinski definition) is 3. The average Bonchev–Trinajstić information content (AvgIpc) is 3.81. The number of rotatable bonds is 5. The Bertz CT molecular complexity index is 2940. The Morgan fingerprint density at radius 2 is 1.22 bits per heavy atom. The highest BCUT2D eigenvalue weighted by atomic mass is 16.3. The molecule has 0 spiro atoms. The van der Waals surface area contributed by atoms with E-state index in [1.807, 2.05) is 73.1 Å². The van der Waals surface area contributed by atoms with Crippen LogP contribution in [-0.4, -0.2) is 21.2 Å². The number of benzene rings is 7. The Hall–Kier alpha value is -6.72. The zero-order valence-corrected chi connectivity index (χ0v) is 26.3. The fourth-order valence-corrected chi connectivity index (χ4v) is 7.42. The molecule has 0 aliphatic carbocycles. The molecule has 10 aromatic rings. The van der Waals surface area contributed by atoms with Gasteiger partial charge in [0.15, 0.2) is 5.58 Å². The fraction of sp³-hybridized carbons (Fsp3) is 0. The number of para-hydroxylation sites is 4. The first-order valence-electron chi connectivity index (χ1n) is 16.4. The van der Waals surface area contributed by atoms with Crippen molar-refractivity contribution in [1.82, 2.24) is 9.13 Å². The summed E-state index contributed by atoms with van der Waals surface area (Å²) in [6.45, 7) is 0. The zero-order valence-electron chi connectivity index (χ0n) is 26.3. The molecule has 0 saturated carbocycles. The third-order valence-corrected chi connectivity index (χ3v) is 9.66. The van der Waals surface area contributed by atoms with E-state index in [2.05, 4.69) is 100 Å². The summed E-state index contributed by atoms with van der Waals surface area (Å²) in [5, 5.41) is 15.8. The summed E-state index contributed by atoms with van der Waals surface area (Å²) in [4.78, 5) is 5.11. The lowest BCUT2D eigenvalue weighted by Gasteiger charge is -2.09.